The van der Waals surface area contributed by atoms with Gasteiger partial charge in [0.2, 0.25) is 0 Å². The van der Waals surface area contributed by atoms with Crippen molar-refractivity contribution in [1.29, 1.82) is 0 Å². The molecule has 2 aromatic rings. The quantitative estimate of drug-likeness (QED) is 0.714. The van der Waals surface area contributed by atoms with Crippen molar-refractivity contribution < 1.29 is 5.11 Å². The standard InChI is InChI=1S/C24H29NO/c1-14-8-10-20(24-17(4)15(2)16(3)18(24)5)21(12-14)22-13-19(25(6)7)9-11-23(22)26/h8-13,24,26H,1-7H3. The summed E-state index contributed by atoms with van der Waals surface area (Å²) in [6.45, 7) is 11.0. The van der Waals surface area contributed by atoms with Crippen LogP contribution in [-0.2, 0) is 0 Å². The van der Waals surface area contributed by atoms with Gasteiger partial charge in [-0.05, 0) is 75.1 Å². The van der Waals surface area contributed by atoms with Crippen molar-refractivity contribution in [2.24, 2.45) is 0 Å². The monoisotopic (exact) mass is 347 g/mol. The number of aromatic hydroxyl groups is 1. The van der Waals surface area contributed by atoms with Gasteiger partial charge in [0.05, 0.1) is 0 Å². The summed E-state index contributed by atoms with van der Waals surface area (Å²) < 4.78 is 0. The minimum Gasteiger partial charge on any atom is -0.507 e. The van der Waals surface area contributed by atoms with E-state index in [4.69, 9.17) is 0 Å². The number of nitrogens with zero attached hydrogens (tertiary/aromatic N) is 1. The average molecular weight is 348 g/mol. The largest absolute Gasteiger partial charge is 0.507 e. The minimum absolute atomic E-state index is 0.285. The molecule has 0 unspecified atom stereocenters. The van der Waals surface area contributed by atoms with Gasteiger partial charge in [-0.3, -0.25) is 0 Å². The third-order valence-corrected chi connectivity index (χ3v) is 5.92. The lowest BCUT2D eigenvalue weighted by molar-refractivity contribution is 0.477. The Kier molecular flexibility index (Phi) is 4.70. The molecule has 0 aromatic heterocycles. The number of aryl methyl sites for hydroxylation is 1. The SMILES string of the molecule is CC1=C(C)C(c2ccc(C)cc2-c2cc(N(C)C)ccc2O)C(C)=C1C. The number of anilines is 1. The van der Waals surface area contributed by atoms with Crippen LogP contribution in [-0.4, -0.2) is 19.2 Å². The molecule has 1 aliphatic carbocycles. The van der Waals surface area contributed by atoms with Gasteiger partial charge in [0.1, 0.15) is 5.75 Å². The molecule has 0 aliphatic heterocycles. The Morgan fingerprint density at radius 3 is 1.96 bits per heavy atom. The Bertz CT molecular complexity index is 907. The molecule has 1 N–H and O–H groups in total. The maximum Gasteiger partial charge on any atom is 0.123 e. The molecule has 136 valence electrons. The van der Waals surface area contributed by atoms with E-state index in [0.29, 0.717) is 5.75 Å². The smallest absolute Gasteiger partial charge is 0.123 e. The zero-order valence-corrected chi connectivity index (χ0v) is 16.9. The van der Waals surface area contributed by atoms with Crippen LogP contribution in [0, 0.1) is 6.92 Å². The van der Waals surface area contributed by atoms with Crippen LogP contribution in [0.15, 0.2) is 58.7 Å². The number of phenols is 1. The molecule has 2 heteroatoms. The van der Waals surface area contributed by atoms with E-state index in [1.165, 1.54) is 33.4 Å². The van der Waals surface area contributed by atoms with Crippen LogP contribution in [0.4, 0.5) is 5.69 Å². The highest BCUT2D eigenvalue weighted by atomic mass is 16.3. The first-order chi connectivity index (χ1) is 12.2. The number of hydrogen-bond donors (Lipinski definition) is 1. The van der Waals surface area contributed by atoms with Crippen LogP contribution < -0.4 is 4.90 Å². The summed E-state index contributed by atoms with van der Waals surface area (Å²) in [5, 5.41) is 10.6. The second-order valence-corrected chi connectivity index (χ2v) is 7.74. The molecule has 0 saturated carbocycles. The molecule has 0 radical (unpaired) electrons. The van der Waals surface area contributed by atoms with Crippen LogP contribution in [0.2, 0.25) is 0 Å². The Balaban J connectivity index is 2.26. The molecule has 0 atom stereocenters. The van der Waals surface area contributed by atoms with Gasteiger partial charge in [-0.2, -0.15) is 0 Å². The van der Waals surface area contributed by atoms with Crippen molar-refractivity contribution >= 4 is 5.69 Å². The summed E-state index contributed by atoms with van der Waals surface area (Å²) in [6, 6.07) is 12.4. The summed E-state index contributed by atoms with van der Waals surface area (Å²) in [6.07, 6.45) is 0. The molecular formula is C24H29NO. The van der Waals surface area contributed by atoms with Crippen LogP contribution in [0.1, 0.15) is 44.7 Å². The van der Waals surface area contributed by atoms with Crippen molar-refractivity contribution in [3.8, 4) is 16.9 Å². The van der Waals surface area contributed by atoms with E-state index in [1.807, 2.05) is 20.2 Å². The summed E-state index contributed by atoms with van der Waals surface area (Å²) in [5.41, 5.74) is 11.2. The van der Waals surface area contributed by atoms with Crippen LogP contribution in [0.3, 0.4) is 0 Å². The fourth-order valence-corrected chi connectivity index (χ4v) is 3.99. The van der Waals surface area contributed by atoms with E-state index >= 15 is 0 Å². The second-order valence-electron chi connectivity index (χ2n) is 7.74. The first-order valence-electron chi connectivity index (χ1n) is 9.18. The normalized spacial score (nSPS) is 15.2. The molecular weight excluding hydrogens is 318 g/mol. The lowest BCUT2D eigenvalue weighted by Gasteiger charge is -2.22. The topological polar surface area (TPSA) is 23.5 Å². The Morgan fingerprint density at radius 1 is 0.769 bits per heavy atom. The number of benzene rings is 2. The summed E-state index contributed by atoms with van der Waals surface area (Å²) in [4.78, 5) is 2.07. The first kappa shape index (κ1) is 18.3. The zero-order valence-electron chi connectivity index (χ0n) is 16.9. The first-order valence-corrected chi connectivity index (χ1v) is 9.18. The lowest BCUT2D eigenvalue weighted by atomic mass is 9.83. The fraction of sp³-hybridized carbons (Fsp3) is 0.333. The van der Waals surface area contributed by atoms with Gasteiger partial charge >= 0.3 is 0 Å². The Hall–Kier alpha value is -2.48. The van der Waals surface area contributed by atoms with Crippen molar-refractivity contribution in [3.63, 3.8) is 0 Å². The highest BCUT2D eigenvalue weighted by molar-refractivity contribution is 5.79. The van der Waals surface area contributed by atoms with Crippen molar-refractivity contribution in [3.05, 3.63) is 69.8 Å². The van der Waals surface area contributed by atoms with Crippen molar-refractivity contribution in [1.82, 2.24) is 0 Å². The van der Waals surface area contributed by atoms with Crippen molar-refractivity contribution in [2.75, 3.05) is 19.0 Å². The van der Waals surface area contributed by atoms with E-state index in [-0.39, 0.29) is 5.92 Å². The van der Waals surface area contributed by atoms with Crippen molar-refractivity contribution in [2.45, 2.75) is 40.5 Å². The molecule has 0 saturated heterocycles. The predicted molar refractivity (Wildman–Crippen MR) is 112 cm³/mol. The fourth-order valence-electron chi connectivity index (χ4n) is 3.99. The van der Waals surface area contributed by atoms with Crippen LogP contribution in [0.5, 0.6) is 5.75 Å². The number of hydrogen-bond acceptors (Lipinski definition) is 2. The maximum atomic E-state index is 10.6. The van der Waals surface area contributed by atoms with Gasteiger partial charge in [-0.1, -0.05) is 34.9 Å². The third kappa shape index (κ3) is 2.94. The van der Waals surface area contributed by atoms with Gasteiger partial charge in [0.25, 0.3) is 0 Å². The van der Waals surface area contributed by atoms with E-state index in [9.17, 15) is 5.11 Å². The molecule has 0 heterocycles. The third-order valence-electron chi connectivity index (χ3n) is 5.92. The lowest BCUT2D eigenvalue weighted by Crippen LogP contribution is -2.08. The minimum atomic E-state index is 0.285. The highest BCUT2D eigenvalue weighted by Gasteiger charge is 2.28. The zero-order chi connectivity index (χ0) is 19.2. The van der Waals surface area contributed by atoms with Gasteiger partial charge in [0, 0.05) is 31.3 Å². The number of allylic oxidation sites excluding steroid dienone is 4. The summed E-state index contributed by atoms with van der Waals surface area (Å²) >= 11 is 0. The number of phenolic OH excluding ortho intramolecular Hbond substituents is 1. The Morgan fingerprint density at radius 2 is 1.38 bits per heavy atom. The molecule has 2 nitrogen and oxygen atoms in total. The van der Waals surface area contributed by atoms with E-state index in [0.717, 1.165) is 16.8 Å². The predicted octanol–water partition coefficient (Wildman–Crippen LogP) is 6.20. The summed E-state index contributed by atoms with van der Waals surface area (Å²) in [7, 11) is 4.05. The molecule has 0 amide bonds. The molecule has 3 rings (SSSR count). The van der Waals surface area contributed by atoms with Gasteiger partial charge < -0.3 is 10.0 Å². The molecule has 0 bridgehead atoms. The molecule has 0 spiro atoms. The highest BCUT2D eigenvalue weighted by Crippen LogP contribution is 2.47. The van der Waals surface area contributed by atoms with E-state index in [1.54, 1.807) is 6.07 Å². The Labute approximate surface area is 157 Å². The van der Waals surface area contributed by atoms with E-state index in [2.05, 4.69) is 63.8 Å². The molecule has 2 aromatic carbocycles. The van der Waals surface area contributed by atoms with Crippen LogP contribution >= 0.6 is 0 Å². The van der Waals surface area contributed by atoms with Gasteiger partial charge in [-0.15, -0.1) is 0 Å². The molecule has 0 fully saturated rings. The van der Waals surface area contributed by atoms with Gasteiger partial charge in [-0.25, -0.2) is 0 Å². The van der Waals surface area contributed by atoms with Crippen LogP contribution in [0.25, 0.3) is 11.1 Å². The molecule has 26 heavy (non-hydrogen) atoms. The maximum absolute atomic E-state index is 10.6. The van der Waals surface area contributed by atoms with E-state index < -0.39 is 0 Å². The van der Waals surface area contributed by atoms with Gasteiger partial charge in [0.15, 0.2) is 0 Å². The molecule has 1 aliphatic rings. The second kappa shape index (κ2) is 6.68. The average Bonchev–Trinajstić information content (AvgIpc) is 2.79. The number of rotatable bonds is 3. The summed E-state index contributed by atoms with van der Waals surface area (Å²) in [5.74, 6) is 0.616.